The Kier molecular flexibility index (Phi) is 9.26. The van der Waals surface area contributed by atoms with E-state index >= 15 is 0 Å². The van der Waals surface area contributed by atoms with Crippen molar-refractivity contribution < 1.29 is 14.0 Å². The fourth-order valence-electron chi connectivity index (χ4n) is 5.67. The molecule has 4 heterocycles. The van der Waals surface area contributed by atoms with Crippen LogP contribution in [-0.4, -0.2) is 81.4 Å². The molecule has 2 unspecified atom stereocenters. The molecule has 0 spiro atoms. The molecule has 2 N–H and O–H groups in total. The van der Waals surface area contributed by atoms with E-state index in [9.17, 15) is 14.0 Å². The third-order valence-corrected chi connectivity index (χ3v) is 8.66. The number of halogens is 1. The number of anilines is 2. The number of pyridine rings is 1. The minimum absolute atomic E-state index is 0.00416. The fourth-order valence-corrected chi connectivity index (χ4v) is 5.67. The Morgan fingerprint density at radius 1 is 1.07 bits per heavy atom. The molecular weight excluding hydrogens is 561 g/mol. The number of para-hydroxylation sites is 1. The lowest BCUT2D eigenvalue weighted by molar-refractivity contribution is -0.129. The Hall–Kier alpha value is -4.74. The second-order valence-electron chi connectivity index (χ2n) is 11.4. The van der Waals surface area contributed by atoms with Crippen molar-refractivity contribution in [2.45, 2.75) is 45.6 Å². The quantitative estimate of drug-likeness (QED) is 0.290. The Bertz CT molecular complexity index is 1640. The summed E-state index contributed by atoms with van der Waals surface area (Å²) in [7, 11) is 3.47. The first-order valence-corrected chi connectivity index (χ1v) is 14.8. The van der Waals surface area contributed by atoms with E-state index in [1.807, 2.05) is 30.1 Å². The predicted octanol–water partition coefficient (Wildman–Crippen LogP) is 4.28. The van der Waals surface area contributed by atoms with Crippen LogP contribution < -0.4 is 15.5 Å². The number of nitrogens with one attached hydrogen (secondary N) is 2. The van der Waals surface area contributed by atoms with E-state index in [0.29, 0.717) is 34.9 Å². The number of carbonyl (C=O) groups excluding carboxylic acids is 2. The number of fused-ring (bicyclic) bond motifs is 1. The standard InChI is InChI=1S/C32H38FN9O2/c1-19(20(2)24-7-6-8-25-29(31(44)34-4)26(33)17-36-30(24)25)14-35-28-13-27(39-18-40-28)22-15-37-32(38-16-22)41(5)23-9-11-42(12-10-23)21(3)43/h6-8,13,15-20,23H,9-12,14H2,1-5H3,(H,34,44)(H,35,39,40). The van der Waals surface area contributed by atoms with Crippen LogP contribution in [0.4, 0.5) is 16.2 Å². The third-order valence-electron chi connectivity index (χ3n) is 8.66. The van der Waals surface area contributed by atoms with Gasteiger partial charge in [0.25, 0.3) is 5.91 Å². The molecule has 44 heavy (non-hydrogen) atoms. The predicted molar refractivity (Wildman–Crippen MR) is 168 cm³/mol. The zero-order valence-corrected chi connectivity index (χ0v) is 25.7. The molecule has 3 aromatic heterocycles. The molecule has 1 saturated heterocycles. The highest BCUT2D eigenvalue weighted by Crippen LogP contribution is 2.32. The topological polar surface area (TPSA) is 129 Å². The van der Waals surface area contributed by atoms with Crippen LogP contribution in [0.5, 0.6) is 0 Å². The molecule has 0 aliphatic carbocycles. The van der Waals surface area contributed by atoms with Gasteiger partial charge in [0.15, 0.2) is 5.82 Å². The van der Waals surface area contributed by atoms with Gasteiger partial charge >= 0.3 is 0 Å². The number of rotatable bonds is 9. The van der Waals surface area contributed by atoms with E-state index in [4.69, 9.17) is 0 Å². The molecule has 1 fully saturated rings. The lowest BCUT2D eigenvalue weighted by Crippen LogP contribution is -2.45. The Balaban J connectivity index is 1.24. The van der Waals surface area contributed by atoms with E-state index in [1.54, 1.807) is 25.4 Å². The van der Waals surface area contributed by atoms with Crippen LogP contribution in [0.25, 0.3) is 22.2 Å². The molecule has 11 nitrogen and oxygen atoms in total. The second-order valence-corrected chi connectivity index (χ2v) is 11.4. The van der Waals surface area contributed by atoms with Gasteiger partial charge in [0.05, 0.1) is 23.0 Å². The SMILES string of the molecule is CNC(=O)c1c(F)cnc2c(C(C)C(C)CNc3cc(-c4cnc(N(C)C5CCN(C(C)=O)CC5)nc4)ncn3)cccc12. The number of piperidine rings is 1. The number of likely N-dealkylation sites (tertiary alicyclic amines) is 1. The third kappa shape index (κ3) is 6.43. The van der Waals surface area contributed by atoms with Gasteiger partial charge in [-0.05, 0) is 30.2 Å². The molecule has 0 bridgehead atoms. The monoisotopic (exact) mass is 599 g/mol. The molecule has 0 saturated carbocycles. The van der Waals surface area contributed by atoms with Gasteiger partial charge in [-0.25, -0.2) is 24.3 Å². The van der Waals surface area contributed by atoms with Crippen molar-refractivity contribution in [1.82, 2.24) is 35.1 Å². The van der Waals surface area contributed by atoms with Gasteiger partial charge in [0.2, 0.25) is 11.9 Å². The number of amides is 2. The first-order chi connectivity index (χ1) is 21.2. The summed E-state index contributed by atoms with van der Waals surface area (Å²) in [6.45, 7) is 7.93. The average Bonchev–Trinajstić information content (AvgIpc) is 3.06. The number of nitrogens with zero attached hydrogens (tertiary/aromatic N) is 7. The first-order valence-electron chi connectivity index (χ1n) is 14.8. The summed E-state index contributed by atoms with van der Waals surface area (Å²) in [4.78, 5) is 50.3. The summed E-state index contributed by atoms with van der Waals surface area (Å²) in [5, 5.41) is 6.42. The van der Waals surface area contributed by atoms with Crippen molar-refractivity contribution in [3.8, 4) is 11.3 Å². The maximum Gasteiger partial charge on any atom is 0.254 e. The maximum atomic E-state index is 14.5. The summed E-state index contributed by atoms with van der Waals surface area (Å²) in [6, 6.07) is 7.68. The number of benzene rings is 1. The van der Waals surface area contributed by atoms with Crippen LogP contribution in [0.1, 0.15) is 55.5 Å². The van der Waals surface area contributed by atoms with Gasteiger partial charge in [0.1, 0.15) is 12.1 Å². The van der Waals surface area contributed by atoms with Crippen LogP contribution in [0.2, 0.25) is 0 Å². The van der Waals surface area contributed by atoms with Crippen LogP contribution in [0.3, 0.4) is 0 Å². The van der Waals surface area contributed by atoms with E-state index in [-0.39, 0.29) is 29.3 Å². The molecule has 1 aromatic carbocycles. The first kappa shape index (κ1) is 30.7. The Labute approximate surface area is 256 Å². The van der Waals surface area contributed by atoms with Crippen molar-refractivity contribution in [2.24, 2.45) is 5.92 Å². The zero-order valence-electron chi connectivity index (χ0n) is 25.7. The smallest absolute Gasteiger partial charge is 0.254 e. The lowest BCUT2D eigenvalue weighted by atomic mass is 9.87. The number of hydrogen-bond acceptors (Lipinski definition) is 9. The number of hydrogen-bond donors (Lipinski definition) is 2. The van der Waals surface area contributed by atoms with Crippen molar-refractivity contribution in [3.05, 3.63) is 66.1 Å². The largest absolute Gasteiger partial charge is 0.370 e. The average molecular weight is 600 g/mol. The number of carbonyl (C=O) groups is 2. The van der Waals surface area contributed by atoms with E-state index < -0.39 is 11.7 Å². The summed E-state index contributed by atoms with van der Waals surface area (Å²) in [6.07, 6.45) is 7.92. The molecule has 0 radical (unpaired) electrons. The van der Waals surface area contributed by atoms with Crippen molar-refractivity contribution >= 4 is 34.5 Å². The van der Waals surface area contributed by atoms with Crippen LogP contribution >= 0.6 is 0 Å². The summed E-state index contributed by atoms with van der Waals surface area (Å²) < 4.78 is 14.5. The Morgan fingerprint density at radius 2 is 1.80 bits per heavy atom. The van der Waals surface area contributed by atoms with E-state index in [1.165, 1.54) is 13.4 Å². The maximum absolute atomic E-state index is 14.5. The normalized spacial score (nSPS) is 15.1. The van der Waals surface area contributed by atoms with Gasteiger partial charge in [-0.1, -0.05) is 32.0 Å². The highest BCUT2D eigenvalue weighted by Gasteiger charge is 2.25. The highest BCUT2D eigenvalue weighted by molar-refractivity contribution is 6.06. The molecule has 4 aromatic rings. The lowest BCUT2D eigenvalue weighted by Gasteiger charge is -2.36. The van der Waals surface area contributed by atoms with Crippen LogP contribution in [0, 0.1) is 11.7 Å². The summed E-state index contributed by atoms with van der Waals surface area (Å²) in [5.41, 5.74) is 3.05. The zero-order chi connectivity index (χ0) is 31.4. The molecule has 230 valence electrons. The molecule has 5 rings (SSSR count). The summed E-state index contributed by atoms with van der Waals surface area (Å²) >= 11 is 0. The van der Waals surface area contributed by atoms with Crippen LogP contribution in [0.15, 0.2) is 49.2 Å². The fraction of sp³-hybridized carbons (Fsp3) is 0.406. The van der Waals surface area contributed by atoms with E-state index in [2.05, 4.69) is 54.3 Å². The van der Waals surface area contributed by atoms with Gasteiger partial charge < -0.3 is 20.4 Å². The summed E-state index contributed by atoms with van der Waals surface area (Å²) in [5.74, 6) is 0.505. The molecule has 12 heteroatoms. The van der Waals surface area contributed by atoms with E-state index in [0.717, 1.165) is 43.3 Å². The molecule has 1 aliphatic rings. The van der Waals surface area contributed by atoms with Crippen molar-refractivity contribution in [2.75, 3.05) is 43.9 Å². The van der Waals surface area contributed by atoms with Gasteiger partial charge in [0, 0.05) is 76.1 Å². The Morgan fingerprint density at radius 3 is 2.48 bits per heavy atom. The van der Waals surface area contributed by atoms with Crippen molar-refractivity contribution in [3.63, 3.8) is 0 Å². The van der Waals surface area contributed by atoms with Crippen molar-refractivity contribution in [1.29, 1.82) is 0 Å². The second kappa shape index (κ2) is 13.3. The molecule has 2 atom stereocenters. The molecule has 2 amide bonds. The molecular formula is C32H38FN9O2. The van der Waals surface area contributed by atoms with Gasteiger partial charge in [-0.2, -0.15) is 0 Å². The van der Waals surface area contributed by atoms with Gasteiger partial charge in [-0.15, -0.1) is 0 Å². The van der Waals surface area contributed by atoms with Gasteiger partial charge in [-0.3, -0.25) is 14.6 Å². The highest BCUT2D eigenvalue weighted by atomic mass is 19.1. The minimum atomic E-state index is -0.644. The van der Waals surface area contributed by atoms with Crippen LogP contribution in [-0.2, 0) is 4.79 Å². The number of aromatic nitrogens is 5. The minimum Gasteiger partial charge on any atom is -0.370 e. The molecule has 1 aliphatic heterocycles.